The lowest BCUT2D eigenvalue weighted by molar-refractivity contribution is -0.147. The van der Waals surface area contributed by atoms with Gasteiger partial charge in [0.05, 0.1) is 6.42 Å². The minimum Gasteiger partial charge on any atom is -0.456 e. The van der Waals surface area contributed by atoms with Gasteiger partial charge < -0.3 is 20.7 Å². The molecule has 0 spiro atoms. The van der Waals surface area contributed by atoms with Crippen molar-refractivity contribution in [2.24, 2.45) is 0 Å². The van der Waals surface area contributed by atoms with E-state index in [1.807, 2.05) is 0 Å². The van der Waals surface area contributed by atoms with Crippen molar-refractivity contribution in [3.05, 3.63) is 24.3 Å². The second-order valence-corrected chi connectivity index (χ2v) is 4.70. The molecule has 124 valence electrons. The average Bonchev–Trinajstić information content (AvgIpc) is 2.44. The zero-order valence-electron chi connectivity index (χ0n) is 13.0. The Hall–Kier alpha value is -2.90. The van der Waals surface area contributed by atoms with Crippen molar-refractivity contribution >= 4 is 35.1 Å². The summed E-state index contributed by atoms with van der Waals surface area (Å²) in [7, 11) is 0. The van der Waals surface area contributed by atoms with Crippen LogP contribution in [0.5, 0.6) is 0 Å². The lowest BCUT2D eigenvalue weighted by Gasteiger charge is -2.08. The Morgan fingerprint density at radius 2 is 1.65 bits per heavy atom. The number of hydrogen-bond donors (Lipinski definition) is 3. The van der Waals surface area contributed by atoms with Crippen LogP contribution in [0.2, 0.25) is 0 Å². The molecule has 0 aromatic heterocycles. The fraction of sp³-hybridized carbons (Fsp3) is 0.333. The summed E-state index contributed by atoms with van der Waals surface area (Å²) in [5.74, 6) is -1.55. The average molecular weight is 321 g/mol. The third-order valence-corrected chi connectivity index (χ3v) is 2.53. The second kappa shape index (κ2) is 9.19. The molecule has 0 saturated heterocycles. The monoisotopic (exact) mass is 321 g/mol. The molecule has 0 bridgehead atoms. The van der Waals surface area contributed by atoms with E-state index in [1.54, 1.807) is 24.3 Å². The van der Waals surface area contributed by atoms with Gasteiger partial charge in [0, 0.05) is 31.8 Å². The molecule has 1 rings (SSSR count). The van der Waals surface area contributed by atoms with E-state index >= 15 is 0 Å². The number of hydrogen-bond acceptors (Lipinski definition) is 5. The van der Waals surface area contributed by atoms with Gasteiger partial charge in [-0.1, -0.05) is 6.07 Å². The highest BCUT2D eigenvalue weighted by molar-refractivity contribution is 5.94. The highest BCUT2D eigenvalue weighted by Crippen LogP contribution is 2.14. The first-order valence-corrected chi connectivity index (χ1v) is 6.94. The number of carbonyl (C=O) groups excluding carboxylic acids is 4. The van der Waals surface area contributed by atoms with E-state index < -0.39 is 18.5 Å². The van der Waals surface area contributed by atoms with Crippen LogP contribution in [0.3, 0.4) is 0 Å². The third-order valence-electron chi connectivity index (χ3n) is 2.53. The van der Waals surface area contributed by atoms with E-state index in [4.69, 9.17) is 4.74 Å². The standard InChI is InChI=1S/C15H19N3O5/c1-10(19)16-7-6-15(22)23-9-14(21)18-13-5-3-4-12(8-13)17-11(2)20/h3-5,8H,6-7,9H2,1-2H3,(H,16,19)(H,17,20)(H,18,21). The molecule has 8 heteroatoms. The first kappa shape index (κ1) is 18.1. The Kier molecular flexibility index (Phi) is 7.25. The lowest BCUT2D eigenvalue weighted by Crippen LogP contribution is -2.25. The quantitative estimate of drug-likeness (QED) is 0.638. The zero-order valence-corrected chi connectivity index (χ0v) is 13.0. The Balaban J connectivity index is 2.37. The molecule has 0 unspecified atom stereocenters. The maximum Gasteiger partial charge on any atom is 0.308 e. The Morgan fingerprint density at radius 3 is 2.26 bits per heavy atom. The van der Waals surface area contributed by atoms with E-state index in [2.05, 4.69) is 16.0 Å². The number of nitrogens with one attached hydrogen (secondary N) is 3. The van der Waals surface area contributed by atoms with Gasteiger partial charge in [0.2, 0.25) is 11.8 Å². The van der Waals surface area contributed by atoms with Gasteiger partial charge in [-0.15, -0.1) is 0 Å². The second-order valence-electron chi connectivity index (χ2n) is 4.70. The Morgan fingerprint density at radius 1 is 1.00 bits per heavy atom. The number of esters is 1. The van der Waals surface area contributed by atoms with Gasteiger partial charge in [0.25, 0.3) is 5.91 Å². The highest BCUT2D eigenvalue weighted by atomic mass is 16.5. The van der Waals surface area contributed by atoms with Gasteiger partial charge >= 0.3 is 5.97 Å². The maximum absolute atomic E-state index is 11.7. The molecule has 0 atom stereocenters. The van der Waals surface area contributed by atoms with Crippen LogP contribution in [0.1, 0.15) is 20.3 Å². The SMILES string of the molecule is CC(=O)NCCC(=O)OCC(=O)Nc1cccc(NC(C)=O)c1. The molecule has 0 aliphatic heterocycles. The molecule has 0 fully saturated rings. The van der Waals surface area contributed by atoms with E-state index in [0.29, 0.717) is 11.4 Å². The summed E-state index contributed by atoms with van der Waals surface area (Å²) in [6.45, 7) is 2.46. The zero-order chi connectivity index (χ0) is 17.2. The fourth-order valence-corrected chi connectivity index (χ4v) is 1.63. The third kappa shape index (κ3) is 8.20. The van der Waals surface area contributed by atoms with Gasteiger partial charge in [-0.05, 0) is 18.2 Å². The molecular weight excluding hydrogens is 302 g/mol. The number of carbonyl (C=O) groups is 4. The number of ether oxygens (including phenoxy) is 1. The molecule has 1 aromatic rings. The number of amides is 3. The fourth-order valence-electron chi connectivity index (χ4n) is 1.63. The number of rotatable bonds is 7. The highest BCUT2D eigenvalue weighted by Gasteiger charge is 2.08. The Labute approximate surface area is 133 Å². The summed E-state index contributed by atoms with van der Waals surface area (Å²) >= 11 is 0. The molecule has 0 aliphatic rings. The van der Waals surface area contributed by atoms with Crippen molar-refractivity contribution in [3.8, 4) is 0 Å². The van der Waals surface area contributed by atoms with Crippen LogP contribution < -0.4 is 16.0 Å². The van der Waals surface area contributed by atoms with Crippen LogP contribution in [-0.2, 0) is 23.9 Å². The topological polar surface area (TPSA) is 114 Å². The lowest BCUT2D eigenvalue weighted by atomic mass is 10.2. The van der Waals surface area contributed by atoms with Gasteiger partial charge in [-0.3, -0.25) is 19.2 Å². The van der Waals surface area contributed by atoms with Crippen LogP contribution in [0, 0.1) is 0 Å². The van der Waals surface area contributed by atoms with Crippen molar-refractivity contribution in [3.63, 3.8) is 0 Å². The molecule has 23 heavy (non-hydrogen) atoms. The largest absolute Gasteiger partial charge is 0.456 e. The number of benzene rings is 1. The van der Waals surface area contributed by atoms with Crippen LogP contribution in [0.25, 0.3) is 0 Å². The summed E-state index contributed by atoms with van der Waals surface area (Å²) in [4.78, 5) is 44.6. The molecule has 1 aromatic carbocycles. The molecule has 0 saturated carbocycles. The molecule has 0 heterocycles. The van der Waals surface area contributed by atoms with Gasteiger partial charge in [-0.25, -0.2) is 0 Å². The summed E-state index contributed by atoms with van der Waals surface area (Å²) in [6, 6.07) is 6.57. The van der Waals surface area contributed by atoms with Crippen molar-refractivity contribution in [2.45, 2.75) is 20.3 Å². The van der Waals surface area contributed by atoms with E-state index in [9.17, 15) is 19.2 Å². The smallest absolute Gasteiger partial charge is 0.308 e. The molecular formula is C15H19N3O5. The molecule has 3 N–H and O–H groups in total. The molecule has 3 amide bonds. The van der Waals surface area contributed by atoms with Crippen LogP contribution >= 0.6 is 0 Å². The van der Waals surface area contributed by atoms with Gasteiger partial charge in [0.15, 0.2) is 6.61 Å². The van der Waals surface area contributed by atoms with Crippen molar-refractivity contribution < 1.29 is 23.9 Å². The van der Waals surface area contributed by atoms with Gasteiger partial charge in [-0.2, -0.15) is 0 Å². The van der Waals surface area contributed by atoms with Crippen LogP contribution in [0.15, 0.2) is 24.3 Å². The first-order chi connectivity index (χ1) is 10.9. The van der Waals surface area contributed by atoms with Crippen molar-refractivity contribution in [2.75, 3.05) is 23.8 Å². The first-order valence-electron chi connectivity index (χ1n) is 6.94. The molecule has 8 nitrogen and oxygen atoms in total. The van der Waals surface area contributed by atoms with Crippen molar-refractivity contribution in [1.82, 2.24) is 5.32 Å². The van der Waals surface area contributed by atoms with Crippen LogP contribution in [-0.4, -0.2) is 36.8 Å². The summed E-state index contributed by atoms with van der Waals surface area (Å²) in [6.07, 6.45) is -0.00905. The normalized spacial score (nSPS) is 9.65. The van der Waals surface area contributed by atoms with E-state index in [0.717, 1.165) is 0 Å². The predicted octanol–water partition coefficient (Wildman–Crippen LogP) is 0.653. The molecule has 0 aliphatic carbocycles. The number of anilines is 2. The predicted molar refractivity (Wildman–Crippen MR) is 83.6 cm³/mol. The van der Waals surface area contributed by atoms with E-state index in [-0.39, 0.29) is 24.8 Å². The van der Waals surface area contributed by atoms with E-state index in [1.165, 1.54) is 13.8 Å². The van der Waals surface area contributed by atoms with Crippen molar-refractivity contribution in [1.29, 1.82) is 0 Å². The minimum atomic E-state index is -0.583. The maximum atomic E-state index is 11.7. The Bertz CT molecular complexity index is 601. The van der Waals surface area contributed by atoms with Gasteiger partial charge in [0.1, 0.15) is 0 Å². The summed E-state index contributed by atoms with van der Waals surface area (Å²) in [5.41, 5.74) is 1.01. The molecule has 0 radical (unpaired) electrons. The van der Waals surface area contributed by atoms with Crippen LogP contribution in [0.4, 0.5) is 11.4 Å². The summed E-state index contributed by atoms with van der Waals surface area (Å²) in [5, 5.41) is 7.59. The summed E-state index contributed by atoms with van der Waals surface area (Å²) < 4.78 is 4.78. The minimum absolute atomic E-state index is 0.00905.